The van der Waals surface area contributed by atoms with Crippen molar-refractivity contribution in [3.05, 3.63) is 29.8 Å². The fraction of sp³-hybridized carbons (Fsp3) is 0.500. The number of carbonyl (C=O) groups excluding carboxylic acids is 3. The van der Waals surface area contributed by atoms with E-state index in [2.05, 4.69) is 10.1 Å². The second kappa shape index (κ2) is 7.03. The van der Waals surface area contributed by atoms with Gasteiger partial charge in [0.1, 0.15) is 0 Å². The Bertz CT molecular complexity index is 654. The highest BCUT2D eigenvalue weighted by Gasteiger charge is 2.36. The zero-order valence-electron chi connectivity index (χ0n) is 13.8. The first-order chi connectivity index (χ1) is 11.6. The lowest BCUT2D eigenvalue weighted by Crippen LogP contribution is -2.44. The first-order valence-corrected chi connectivity index (χ1v) is 8.36. The molecule has 0 radical (unpaired) electrons. The largest absolute Gasteiger partial charge is 0.465 e. The van der Waals surface area contributed by atoms with Crippen LogP contribution in [0.3, 0.4) is 0 Å². The van der Waals surface area contributed by atoms with Gasteiger partial charge in [-0.05, 0) is 43.9 Å². The summed E-state index contributed by atoms with van der Waals surface area (Å²) in [5.74, 6) is -0.373. The zero-order valence-corrected chi connectivity index (χ0v) is 13.8. The second-order valence-corrected chi connectivity index (χ2v) is 6.46. The van der Waals surface area contributed by atoms with E-state index in [-0.39, 0.29) is 23.7 Å². The maximum absolute atomic E-state index is 12.5. The number of hydrogen-bond donors (Lipinski definition) is 1. The van der Waals surface area contributed by atoms with Crippen LogP contribution >= 0.6 is 0 Å². The molecule has 1 heterocycles. The quantitative estimate of drug-likeness (QED) is 0.858. The lowest BCUT2D eigenvalue weighted by atomic mass is 9.96. The molecule has 1 saturated heterocycles. The zero-order chi connectivity index (χ0) is 17.1. The predicted molar refractivity (Wildman–Crippen MR) is 88.4 cm³/mol. The van der Waals surface area contributed by atoms with Crippen LogP contribution in [0.5, 0.6) is 0 Å². The van der Waals surface area contributed by atoms with E-state index in [9.17, 15) is 14.4 Å². The van der Waals surface area contributed by atoms with Crippen molar-refractivity contribution in [1.82, 2.24) is 4.90 Å². The van der Waals surface area contributed by atoms with Crippen molar-refractivity contribution in [2.24, 2.45) is 11.8 Å². The number of likely N-dealkylation sites (tertiary alicyclic amines) is 1. The highest BCUT2D eigenvalue weighted by molar-refractivity contribution is 5.96. The van der Waals surface area contributed by atoms with E-state index in [0.29, 0.717) is 17.8 Å². The van der Waals surface area contributed by atoms with Crippen molar-refractivity contribution >= 4 is 23.5 Å². The smallest absolute Gasteiger partial charge is 0.337 e. The number of hydrogen-bond acceptors (Lipinski definition) is 4. The first-order valence-electron chi connectivity index (χ1n) is 8.36. The average Bonchev–Trinajstić information content (AvgIpc) is 3.46. The number of nitrogens with one attached hydrogen (secondary N) is 1. The summed E-state index contributed by atoms with van der Waals surface area (Å²) in [4.78, 5) is 38.1. The van der Waals surface area contributed by atoms with Gasteiger partial charge in [0, 0.05) is 24.7 Å². The minimum atomic E-state index is -0.440. The van der Waals surface area contributed by atoms with Crippen LogP contribution in [0.15, 0.2) is 24.3 Å². The van der Waals surface area contributed by atoms with E-state index in [0.717, 1.165) is 32.2 Å². The van der Waals surface area contributed by atoms with E-state index >= 15 is 0 Å². The normalized spacial score (nSPS) is 20.4. The molecule has 6 heteroatoms. The summed E-state index contributed by atoms with van der Waals surface area (Å²) in [6.07, 6.45) is 3.58. The average molecular weight is 330 g/mol. The lowest BCUT2D eigenvalue weighted by Gasteiger charge is -2.32. The minimum absolute atomic E-state index is 0.106. The maximum Gasteiger partial charge on any atom is 0.337 e. The van der Waals surface area contributed by atoms with Crippen LogP contribution in [0.1, 0.15) is 36.0 Å². The Kier molecular flexibility index (Phi) is 4.83. The highest BCUT2D eigenvalue weighted by atomic mass is 16.5. The molecule has 3 rings (SSSR count). The van der Waals surface area contributed by atoms with Crippen LogP contribution in [-0.2, 0) is 14.3 Å². The van der Waals surface area contributed by atoms with Gasteiger partial charge in [0.25, 0.3) is 0 Å². The van der Waals surface area contributed by atoms with Crippen molar-refractivity contribution in [3.8, 4) is 0 Å². The molecule has 2 fully saturated rings. The van der Waals surface area contributed by atoms with Gasteiger partial charge in [-0.15, -0.1) is 0 Å². The predicted octanol–water partition coefficient (Wildman–Crippen LogP) is 2.06. The number of ether oxygens (including phenoxy) is 1. The molecule has 1 aromatic carbocycles. The van der Waals surface area contributed by atoms with Gasteiger partial charge in [-0.3, -0.25) is 9.59 Å². The van der Waals surface area contributed by atoms with Gasteiger partial charge >= 0.3 is 5.97 Å². The SMILES string of the molecule is COC(=O)c1cccc(NC(=O)[C@H]2CCCN(C(=O)C3CC3)C2)c1. The summed E-state index contributed by atoms with van der Waals surface area (Å²) >= 11 is 0. The third kappa shape index (κ3) is 3.75. The van der Waals surface area contributed by atoms with Crippen LogP contribution in [0.4, 0.5) is 5.69 Å². The van der Waals surface area contributed by atoms with Crippen LogP contribution < -0.4 is 5.32 Å². The van der Waals surface area contributed by atoms with E-state index in [1.54, 1.807) is 24.3 Å². The van der Waals surface area contributed by atoms with Crippen LogP contribution in [-0.4, -0.2) is 42.9 Å². The Balaban J connectivity index is 1.61. The van der Waals surface area contributed by atoms with Crippen LogP contribution in [0.25, 0.3) is 0 Å². The number of carbonyl (C=O) groups is 3. The molecule has 24 heavy (non-hydrogen) atoms. The molecule has 2 aliphatic rings. The van der Waals surface area contributed by atoms with Gasteiger partial charge in [0.2, 0.25) is 11.8 Å². The molecule has 1 aromatic rings. The Morgan fingerprint density at radius 3 is 2.67 bits per heavy atom. The van der Waals surface area contributed by atoms with Gasteiger partial charge < -0.3 is 15.0 Å². The number of rotatable bonds is 4. The number of amides is 2. The molecule has 1 aliphatic heterocycles. The summed E-state index contributed by atoms with van der Waals surface area (Å²) in [5.41, 5.74) is 0.957. The Hall–Kier alpha value is -2.37. The molecule has 128 valence electrons. The van der Waals surface area contributed by atoms with Crippen molar-refractivity contribution in [2.75, 3.05) is 25.5 Å². The van der Waals surface area contributed by atoms with E-state index in [1.807, 2.05) is 4.90 Å². The van der Waals surface area contributed by atoms with Gasteiger partial charge in [-0.25, -0.2) is 4.79 Å². The fourth-order valence-electron chi connectivity index (χ4n) is 3.07. The standard InChI is InChI=1S/C18H22N2O4/c1-24-18(23)13-4-2-6-15(10-13)19-16(21)14-5-3-9-20(11-14)17(22)12-7-8-12/h2,4,6,10,12,14H,3,5,7-9,11H2,1H3,(H,19,21)/t14-/m0/s1. The summed E-state index contributed by atoms with van der Waals surface area (Å²) in [7, 11) is 1.32. The molecular formula is C18H22N2O4. The fourth-order valence-corrected chi connectivity index (χ4v) is 3.07. The number of piperidine rings is 1. The van der Waals surface area contributed by atoms with Gasteiger partial charge in [0.05, 0.1) is 18.6 Å². The van der Waals surface area contributed by atoms with Crippen LogP contribution in [0.2, 0.25) is 0 Å². The molecule has 6 nitrogen and oxygen atoms in total. The number of esters is 1. The monoisotopic (exact) mass is 330 g/mol. The Morgan fingerprint density at radius 2 is 1.96 bits per heavy atom. The van der Waals surface area contributed by atoms with Crippen molar-refractivity contribution < 1.29 is 19.1 Å². The van der Waals surface area contributed by atoms with Crippen molar-refractivity contribution in [1.29, 1.82) is 0 Å². The van der Waals surface area contributed by atoms with E-state index < -0.39 is 5.97 Å². The number of benzene rings is 1. The van der Waals surface area contributed by atoms with Gasteiger partial charge in [-0.2, -0.15) is 0 Å². The van der Waals surface area contributed by atoms with Gasteiger partial charge in [0.15, 0.2) is 0 Å². The lowest BCUT2D eigenvalue weighted by molar-refractivity contribution is -0.135. The Labute approximate surface area is 141 Å². The van der Waals surface area contributed by atoms with E-state index in [4.69, 9.17) is 0 Å². The molecular weight excluding hydrogens is 308 g/mol. The summed E-state index contributed by atoms with van der Waals surface area (Å²) in [5, 5.41) is 2.85. The summed E-state index contributed by atoms with van der Waals surface area (Å²) < 4.78 is 4.69. The third-order valence-electron chi connectivity index (χ3n) is 4.58. The first kappa shape index (κ1) is 16.5. The molecule has 0 aromatic heterocycles. The molecule has 2 amide bonds. The summed E-state index contributed by atoms with van der Waals surface area (Å²) in [6, 6.07) is 6.67. The Morgan fingerprint density at radius 1 is 1.17 bits per heavy atom. The topological polar surface area (TPSA) is 75.7 Å². The minimum Gasteiger partial charge on any atom is -0.465 e. The third-order valence-corrected chi connectivity index (χ3v) is 4.58. The van der Waals surface area contributed by atoms with Gasteiger partial charge in [-0.1, -0.05) is 6.07 Å². The molecule has 1 aliphatic carbocycles. The molecule has 0 unspecified atom stereocenters. The van der Waals surface area contributed by atoms with Crippen LogP contribution in [0, 0.1) is 11.8 Å². The molecule has 0 bridgehead atoms. The maximum atomic E-state index is 12.5. The number of methoxy groups -OCH3 is 1. The van der Waals surface area contributed by atoms with Crippen molar-refractivity contribution in [3.63, 3.8) is 0 Å². The highest BCUT2D eigenvalue weighted by Crippen LogP contribution is 2.32. The van der Waals surface area contributed by atoms with Crippen molar-refractivity contribution in [2.45, 2.75) is 25.7 Å². The molecule has 1 N–H and O–H groups in total. The molecule has 1 atom stereocenters. The number of nitrogens with zero attached hydrogens (tertiary/aromatic N) is 1. The van der Waals surface area contributed by atoms with E-state index in [1.165, 1.54) is 7.11 Å². The number of anilines is 1. The molecule has 0 spiro atoms. The molecule has 1 saturated carbocycles. The second-order valence-electron chi connectivity index (χ2n) is 6.46. The summed E-state index contributed by atoms with van der Waals surface area (Å²) in [6.45, 7) is 1.23.